The highest BCUT2D eigenvalue weighted by Crippen LogP contribution is 2.27. The van der Waals surface area contributed by atoms with Crippen LogP contribution < -0.4 is 15.2 Å². The van der Waals surface area contributed by atoms with Crippen LogP contribution in [0.25, 0.3) is 0 Å². The zero-order chi connectivity index (χ0) is 18.8. The first-order valence-electron chi connectivity index (χ1n) is 7.33. The Bertz CT molecular complexity index is 672. The minimum absolute atomic E-state index is 0.319. The van der Waals surface area contributed by atoms with Gasteiger partial charge in [-0.05, 0) is 53.1 Å². The van der Waals surface area contributed by atoms with Crippen LogP contribution in [0.1, 0.15) is 17.0 Å². The van der Waals surface area contributed by atoms with Crippen LogP contribution in [0.5, 0.6) is 11.5 Å². The molecule has 0 saturated carbocycles. The van der Waals surface area contributed by atoms with Crippen LogP contribution in [0.15, 0.2) is 35.0 Å². The fourth-order valence-electron chi connectivity index (χ4n) is 2.03. The fraction of sp³-hybridized carbons (Fsp3) is 0.294. The number of thiophene rings is 1. The van der Waals surface area contributed by atoms with E-state index >= 15 is 0 Å². The quantitative estimate of drug-likeness (QED) is 0.642. The molecule has 2 aromatic rings. The second-order valence-corrected chi connectivity index (χ2v) is 5.67. The third-order valence-corrected chi connectivity index (χ3v) is 3.95. The monoisotopic (exact) mass is 367 g/mol. The molecule has 2 rings (SSSR count). The lowest BCUT2D eigenvalue weighted by molar-refractivity contribution is -0.150. The average Bonchev–Trinajstić information content (AvgIpc) is 3.09. The van der Waals surface area contributed by atoms with E-state index in [1.165, 1.54) is 28.3 Å². The normalized spacial score (nSPS) is 9.92. The zero-order valence-electron chi connectivity index (χ0n) is 14.0. The van der Waals surface area contributed by atoms with Gasteiger partial charge in [0.1, 0.15) is 0 Å². The van der Waals surface area contributed by atoms with Gasteiger partial charge in [-0.1, -0.05) is 6.07 Å². The molecule has 0 fully saturated rings. The number of rotatable bonds is 7. The van der Waals surface area contributed by atoms with Crippen molar-refractivity contribution in [1.82, 2.24) is 0 Å². The lowest BCUT2D eigenvalue weighted by atomic mass is 10.0. The van der Waals surface area contributed by atoms with Crippen molar-refractivity contribution in [3.8, 4) is 11.5 Å². The van der Waals surface area contributed by atoms with Gasteiger partial charge in [-0.25, -0.2) is 0 Å². The number of hydrogen-bond acceptors (Lipinski definition) is 6. The SMILES string of the molecule is COc1ccc(CCN)cc1OC.O=C(O)C(C(=O)O)c1ccsc1. The van der Waals surface area contributed by atoms with E-state index in [-0.39, 0.29) is 0 Å². The molecule has 0 spiro atoms. The van der Waals surface area contributed by atoms with Crippen LogP contribution in [0.3, 0.4) is 0 Å². The summed E-state index contributed by atoms with van der Waals surface area (Å²) in [6, 6.07) is 7.33. The number of aliphatic carboxylic acids is 2. The standard InChI is InChI=1S/C10H15NO2.C7H6O4S/c1-12-9-4-3-8(5-6-11)7-10(9)13-2;8-6(9)5(7(10)11)4-1-2-12-3-4/h3-4,7H,5-6,11H2,1-2H3;1-3,5H,(H,8,9)(H,10,11). The Labute approximate surface area is 149 Å². The number of hydrogen-bond donors (Lipinski definition) is 3. The zero-order valence-corrected chi connectivity index (χ0v) is 14.8. The fourth-order valence-corrected chi connectivity index (χ4v) is 2.72. The van der Waals surface area contributed by atoms with E-state index in [0.29, 0.717) is 12.1 Å². The van der Waals surface area contributed by atoms with Gasteiger partial charge in [-0.2, -0.15) is 11.3 Å². The molecule has 0 amide bonds. The Morgan fingerprint density at radius 2 is 1.76 bits per heavy atom. The van der Waals surface area contributed by atoms with Crippen LogP contribution in [0.2, 0.25) is 0 Å². The predicted octanol–water partition coefficient (Wildman–Crippen LogP) is 2.21. The Hall–Kier alpha value is -2.58. The minimum atomic E-state index is -1.43. The van der Waals surface area contributed by atoms with Crippen molar-refractivity contribution in [2.45, 2.75) is 12.3 Å². The summed E-state index contributed by atoms with van der Waals surface area (Å²) in [5.74, 6) is -2.59. The highest BCUT2D eigenvalue weighted by atomic mass is 32.1. The third-order valence-electron chi connectivity index (χ3n) is 3.25. The first-order valence-corrected chi connectivity index (χ1v) is 8.27. The number of carboxylic acid groups (broad SMARTS) is 2. The molecular weight excluding hydrogens is 346 g/mol. The summed E-state index contributed by atoms with van der Waals surface area (Å²) >= 11 is 1.28. The summed E-state index contributed by atoms with van der Waals surface area (Å²) in [7, 11) is 3.25. The summed E-state index contributed by atoms with van der Waals surface area (Å²) in [5.41, 5.74) is 6.94. The van der Waals surface area contributed by atoms with Gasteiger partial charge >= 0.3 is 11.9 Å². The van der Waals surface area contributed by atoms with E-state index in [4.69, 9.17) is 25.4 Å². The molecule has 8 heteroatoms. The molecule has 1 heterocycles. The Morgan fingerprint density at radius 3 is 2.20 bits per heavy atom. The van der Waals surface area contributed by atoms with E-state index in [1.54, 1.807) is 19.6 Å². The Morgan fingerprint density at radius 1 is 1.12 bits per heavy atom. The van der Waals surface area contributed by atoms with Crippen molar-refractivity contribution in [2.24, 2.45) is 5.73 Å². The van der Waals surface area contributed by atoms with E-state index < -0.39 is 17.9 Å². The second kappa shape index (κ2) is 10.3. The lowest BCUT2D eigenvalue weighted by Gasteiger charge is -2.08. The molecule has 7 nitrogen and oxygen atoms in total. The molecule has 0 aliphatic carbocycles. The predicted molar refractivity (Wildman–Crippen MR) is 94.6 cm³/mol. The molecule has 0 unspecified atom stereocenters. The molecule has 25 heavy (non-hydrogen) atoms. The molecule has 0 atom stereocenters. The first-order chi connectivity index (χ1) is 11.9. The number of methoxy groups -OCH3 is 2. The minimum Gasteiger partial charge on any atom is -0.493 e. The van der Waals surface area contributed by atoms with E-state index in [9.17, 15) is 9.59 Å². The molecule has 0 bridgehead atoms. The number of benzene rings is 1. The summed E-state index contributed by atoms with van der Waals surface area (Å²) in [4.78, 5) is 20.9. The highest BCUT2D eigenvalue weighted by molar-refractivity contribution is 7.08. The molecule has 0 aliphatic heterocycles. The molecule has 136 valence electrons. The maximum atomic E-state index is 10.5. The van der Waals surface area contributed by atoms with Crippen LogP contribution in [0, 0.1) is 0 Å². The molecule has 0 aliphatic rings. The maximum Gasteiger partial charge on any atom is 0.322 e. The highest BCUT2D eigenvalue weighted by Gasteiger charge is 2.27. The van der Waals surface area contributed by atoms with Gasteiger partial charge < -0.3 is 25.4 Å². The van der Waals surface area contributed by atoms with Crippen molar-refractivity contribution in [3.05, 3.63) is 46.2 Å². The smallest absolute Gasteiger partial charge is 0.322 e. The van der Waals surface area contributed by atoms with Crippen LogP contribution in [0.4, 0.5) is 0 Å². The van der Waals surface area contributed by atoms with Gasteiger partial charge in [-0.15, -0.1) is 0 Å². The summed E-state index contributed by atoms with van der Waals surface area (Å²) in [6.45, 7) is 0.648. The van der Waals surface area contributed by atoms with Gasteiger partial charge in [0.25, 0.3) is 0 Å². The number of ether oxygens (including phenoxy) is 2. The second-order valence-electron chi connectivity index (χ2n) is 4.89. The van der Waals surface area contributed by atoms with Gasteiger partial charge in [0.15, 0.2) is 17.4 Å². The molecule has 1 aromatic heterocycles. The van der Waals surface area contributed by atoms with Crippen molar-refractivity contribution in [1.29, 1.82) is 0 Å². The van der Waals surface area contributed by atoms with Crippen LogP contribution >= 0.6 is 11.3 Å². The van der Waals surface area contributed by atoms with E-state index in [2.05, 4.69) is 0 Å². The van der Waals surface area contributed by atoms with Gasteiger partial charge in [0.05, 0.1) is 14.2 Å². The van der Waals surface area contributed by atoms with Crippen molar-refractivity contribution in [3.63, 3.8) is 0 Å². The largest absolute Gasteiger partial charge is 0.493 e. The van der Waals surface area contributed by atoms with Crippen LogP contribution in [-0.4, -0.2) is 42.9 Å². The molecule has 0 radical (unpaired) electrons. The van der Waals surface area contributed by atoms with Crippen molar-refractivity contribution >= 4 is 23.3 Å². The molecule has 1 aromatic carbocycles. The molecule has 0 saturated heterocycles. The number of carboxylic acids is 2. The lowest BCUT2D eigenvalue weighted by Crippen LogP contribution is -2.20. The Kier molecular flexibility index (Phi) is 8.45. The van der Waals surface area contributed by atoms with Crippen molar-refractivity contribution in [2.75, 3.05) is 20.8 Å². The summed E-state index contributed by atoms with van der Waals surface area (Å²) in [5, 5.41) is 20.2. The third kappa shape index (κ3) is 6.09. The summed E-state index contributed by atoms with van der Waals surface area (Å²) < 4.78 is 10.3. The van der Waals surface area contributed by atoms with E-state index in [1.807, 2.05) is 18.2 Å². The van der Waals surface area contributed by atoms with Gasteiger partial charge in [0.2, 0.25) is 0 Å². The average molecular weight is 367 g/mol. The molecular formula is C17H21NO6S. The molecule has 4 N–H and O–H groups in total. The van der Waals surface area contributed by atoms with Crippen molar-refractivity contribution < 1.29 is 29.3 Å². The van der Waals surface area contributed by atoms with E-state index in [0.717, 1.165) is 17.9 Å². The van der Waals surface area contributed by atoms with Crippen LogP contribution in [-0.2, 0) is 16.0 Å². The number of carbonyl (C=O) groups is 2. The maximum absolute atomic E-state index is 10.5. The van der Waals surface area contributed by atoms with Gasteiger partial charge in [0, 0.05) is 0 Å². The van der Waals surface area contributed by atoms with Gasteiger partial charge in [-0.3, -0.25) is 9.59 Å². The first kappa shape index (κ1) is 20.5. The Balaban J connectivity index is 0.000000251. The number of nitrogens with two attached hydrogens (primary N) is 1. The topological polar surface area (TPSA) is 119 Å². The summed E-state index contributed by atoms with van der Waals surface area (Å²) in [6.07, 6.45) is 0.861.